The molecule has 0 bridgehead atoms. The van der Waals surface area contributed by atoms with Crippen LogP contribution in [-0.2, 0) is 13.0 Å². The van der Waals surface area contributed by atoms with Crippen LogP contribution < -0.4 is 4.74 Å². The fourth-order valence-electron chi connectivity index (χ4n) is 4.17. The number of likely N-dealkylation sites (tertiary alicyclic amines) is 1. The Morgan fingerprint density at radius 3 is 2.43 bits per heavy atom. The molecule has 156 valence electrons. The number of hydrogen-bond acceptors (Lipinski definition) is 3. The van der Waals surface area contributed by atoms with Crippen molar-refractivity contribution >= 4 is 5.91 Å². The molecule has 1 saturated heterocycles. The van der Waals surface area contributed by atoms with E-state index in [1.165, 1.54) is 11.3 Å². The number of aryl methyl sites for hydroxylation is 1. The standard InChI is InChI=1S/C25H29N3O2/c1-19-17-26-24(28(19)18-21-6-4-3-5-7-21)16-20-12-14-27(15-13-20)25(29)22-8-10-23(30-2)11-9-22/h3-11,17,20H,12-16,18H2,1-2H3. The lowest BCUT2D eigenvalue weighted by Gasteiger charge is -2.32. The summed E-state index contributed by atoms with van der Waals surface area (Å²) < 4.78 is 7.50. The molecule has 0 unspecified atom stereocenters. The maximum atomic E-state index is 12.8. The highest BCUT2D eigenvalue weighted by molar-refractivity contribution is 5.94. The maximum absolute atomic E-state index is 12.8. The van der Waals surface area contributed by atoms with Crippen LogP contribution in [-0.4, -0.2) is 40.6 Å². The van der Waals surface area contributed by atoms with Crippen molar-refractivity contribution < 1.29 is 9.53 Å². The van der Waals surface area contributed by atoms with Crippen LogP contribution in [0.1, 0.15) is 40.3 Å². The molecular formula is C25H29N3O2. The molecule has 5 heteroatoms. The van der Waals surface area contributed by atoms with E-state index in [1.807, 2.05) is 41.4 Å². The van der Waals surface area contributed by atoms with E-state index >= 15 is 0 Å². The lowest BCUT2D eigenvalue weighted by atomic mass is 9.92. The van der Waals surface area contributed by atoms with Crippen molar-refractivity contribution in [2.24, 2.45) is 5.92 Å². The SMILES string of the molecule is COc1ccc(C(=O)N2CCC(Cc3ncc(C)n3Cc3ccccc3)CC2)cc1. The summed E-state index contributed by atoms with van der Waals surface area (Å²) in [5, 5.41) is 0. The van der Waals surface area contributed by atoms with E-state index in [-0.39, 0.29) is 5.91 Å². The molecule has 5 nitrogen and oxygen atoms in total. The van der Waals surface area contributed by atoms with Crippen LogP contribution >= 0.6 is 0 Å². The topological polar surface area (TPSA) is 47.4 Å². The first-order valence-electron chi connectivity index (χ1n) is 10.6. The molecular weight excluding hydrogens is 374 g/mol. The molecule has 0 aliphatic carbocycles. The monoisotopic (exact) mass is 403 g/mol. The van der Waals surface area contributed by atoms with Gasteiger partial charge in [0.25, 0.3) is 5.91 Å². The Morgan fingerprint density at radius 1 is 1.07 bits per heavy atom. The fourth-order valence-corrected chi connectivity index (χ4v) is 4.17. The molecule has 0 radical (unpaired) electrons. The third-order valence-corrected chi connectivity index (χ3v) is 6.03. The third kappa shape index (κ3) is 4.56. The molecule has 1 fully saturated rings. The number of imidazole rings is 1. The number of carbonyl (C=O) groups is 1. The second-order valence-corrected chi connectivity index (χ2v) is 8.06. The number of piperidine rings is 1. The normalized spacial score (nSPS) is 14.7. The zero-order chi connectivity index (χ0) is 20.9. The van der Waals surface area contributed by atoms with Crippen molar-refractivity contribution in [1.29, 1.82) is 0 Å². The van der Waals surface area contributed by atoms with Crippen molar-refractivity contribution in [3.63, 3.8) is 0 Å². The molecule has 0 spiro atoms. The Morgan fingerprint density at radius 2 is 1.77 bits per heavy atom. The number of rotatable bonds is 6. The highest BCUT2D eigenvalue weighted by Crippen LogP contribution is 2.24. The second kappa shape index (κ2) is 9.16. The van der Waals surface area contributed by atoms with Gasteiger partial charge in [0, 0.05) is 43.5 Å². The van der Waals surface area contributed by atoms with Gasteiger partial charge < -0.3 is 14.2 Å². The maximum Gasteiger partial charge on any atom is 0.253 e. The van der Waals surface area contributed by atoms with E-state index in [2.05, 4.69) is 35.8 Å². The van der Waals surface area contributed by atoms with Crippen LogP contribution in [0.15, 0.2) is 60.8 Å². The van der Waals surface area contributed by atoms with Crippen LogP contribution in [0.3, 0.4) is 0 Å². The fraction of sp³-hybridized carbons (Fsp3) is 0.360. The van der Waals surface area contributed by atoms with Crippen LogP contribution in [0.5, 0.6) is 5.75 Å². The highest BCUT2D eigenvalue weighted by Gasteiger charge is 2.25. The first kappa shape index (κ1) is 20.2. The van der Waals surface area contributed by atoms with Gasteiger partial charge in [0.05, 0.1) is 7.11 Å². The summed E-state index contributed by atoms with van der Waals surface area (Å²) in [6, 6.07) is 17.9. The summed E-state index contributed by atoms with van der Waals surface area (Å²) in [5.41, 5.74) is 3.21. The van der Waals surface area contributed by atoms with Gasteiger partial charge in [0.2, 0.25) is 0 Å². The Kier molecular flexibility index (Phi) is 6.17. The van der Waals surface area contributed by atoms with Gasteiger partial charge in [-0.1, -0.05) is 30.3 Å². The predicted octanol–water partition coefficient (Wildman–Crippen LogP) is 4.34. The number of benzene rings is 2. The molecule has 2 heterocycles. The Bertz CT molecular complexity index is 971. The van der Waals surface area contributed by atoms with E-state index in [9.17, 15) is 4.79 Å². The van der Waals surface area contributed by atoms with Gasteiger partial charge in [-0.05, 0) is 55.5 Å². The second-order valence-electron chi connectivity index (χ2n) is 8.06. The van der Waals surface area contributed by atoms with Crippen molar-refractivity contribution in [3.8, 4) is 5.75 Å². The molecule has 0 saturated carbocycles. The van der Waals surface area contributed by atoms with Gasteiger partial charge in [-0.15, -0.1) is 0 Å². The van der Waals surface area contributed by atoms with E-state index in [1.54, 1.807) is 7.11 Å². The number of nitrogens with zero attached hydrogens (tertiary/aromatic N) is 3. The van der Waals surface area contributed by atoms with Gasteiger partial charge in [0.15, 0.2) is 0 Å². The van der Waals surface area contributed by atoms with Gasteiger partial charge in [-0.3, -0.25) is 4.79 Å². The van der Waals surface area contributed by atoms with E-state index < -0.39 is 0 Å². The molecule has 30 heavy (non-hydrogen) atoms. The quantitative estimate of drug-likeness (QED) is 0.615. The molecule has 1 aliphatic heterocycles. The Hall–Kier alpha value is -3.08. The average molecular weight is 404 g/mol. The minimum absolute atomic E-state index is 0.109. The predicted molar refractivity (Wildman–Crippen MR) is 118 cm³/mol. The van der Waals surface area contributed by atoms with Crippen LogP contribution in [0.2, 0.25) is 0 Å². The van der Waals surface area contributed by atoms with Crippen molar-refractivity contribution in [3.05, 3.63) is 83.4 Å². The largest absolute Gasteiger partial charge is 0.497 e. The summed E-state index contributed by atoms with van der Waals surface area (Å²) in [6.07, 6.45) is 4.96. The van der Waals surface area contributed by atoms with Crippen molar-refractivity contribution in [2.45, 2.75) is 32.7 Å². The number of methoxy groups -OCH3 is 1. The van der Waals surface area contributed by atoms with Gasteiger partial charge in [-0.25, -0.2) is 4.98 Å². The van der Waals surface area contributed by atoms with Crippen LogP contribution in [0.25, 0.3) is 0 Å². The summed E-state index contributed by atoms with van der Waals surface area (Å²) in [6.45, 7) is 4.58. The Balaban J connectivity index is 1.35. The number of aromatic nitrogens is 2. The minimum Gasteiger partial charge on any atom is -0.497 e. The number of ether oxygens (including phenoxy) is 1. The molecule has 4 rings (SSSR count). The van der Waals surface area contributed by atoms with Gasteiger partial charge in [-0.2, -0.15) is 0 Å². The molecule has 1 amide bonds. The summed E-state index contributed by atoms with van der Waals surface area (Å²) in [5.74, 6) is 2.58. The summed E-state index contributed by atoms with van der Waals surface area (Å²) in [7, 11) is 1.63. The molecule has 1 aliphatic rings. The smallest absolute Gasteiger partial charge is 0.253 e. The number of amides is 1. The molecule has 0 atom stereocenters. The first-order valence-corrected chi connectivity index (χ1v) is 10.6. The molecule has 1 aromatic heterocycles. The van der Waals surface area contributed by atoms with Crippen LogP contribution in [0.4, 0.5) is 0 Å². The molecule has 0 N–H and O–H groups in total. The Labute approximate surface area is 178 Å². The minimum atomic E-state index is 0.109. The zero-order valence-corrected chi connectivity index (χ0v) is 17.8. The van der Waals surface area contributed by atoms with E-state index in [4.69, 9.17) is 9.72 Å². The zero-order valence-electron chi connectivity index (χ0n) is 17.8. The highest BCUT2D eigenvalue weighted by atomic mass is 16.5. The van der Waals surface area contributed by atoms with Gasteiger partial charge in [0.1, 0.15) is 11.6 Å². The van der Waals surface area contributed by atoms with Crippen molar-refractivity contribution in [1.82, 2.24) is 14.5 Å². The number of hydrogen-bond donors (Lipinski definition) is 0. The van der Waals surface area contributed by atoms with E-state index in [0.717, 1.165) is 56.0 Å². The number of carbonyl (C=O) groups excluding carboxylic acids is 1. The first-order chi connectivity index (χ1) is 14.6. The van der Waals surface area contributed by atoms with Gasteiger partial charge >= 0.3 is 0 Å². The average Bonchev–Trinajstić information content (AvgIpc) is 3.13. The van der Waals surface area contributed by atoms with E-state index in [0.29, 0.717) is 5.92 Å². The third-order valence-electron chi connectivity index (χ3n) is 6.03. The summed E-state index contributed by atoms with van der Waals surface area (Å²) in [4.78, 5) is 19.5. The lowest BCUT2D eigenvalue weighted by Crippen LogP contribution is -2.39. The summed E-state index contributed by atoms with van der Waals surface area (Å²) >= 11 is 0. The lowest BCUT2D eigenvalue weighted by molar-refractivity contribution is 0.0689. The molecule has 3 aromatic rings. The molecule has 2 aromatic carbocycles. The van der Waals surface area contributed by atoms with Crippen LogP contribution in [0, 0.1) is 12.8 Å². The van der Waals surface area contributed by atoms with Crippen molar-refractivity contribution in [2.75, 3.05) is 20.2 Å².